The van der Waals surface area contributed by atoms with E-state index in [0.29, 0.717) is 22.3 Å². The van der Waals surface area contributed by atoms with E-state index < -0.39 is 11.9 Å². The third-order valence-corrected chi connectivity index (χ3v) is 3.42. The first-order valence-electron chi connectivity index (χ1n) is 6.04. The minimum atomic E-state index is -0.973. The second-order valence-corrected chi connectivity index (χ2v) is 4.75. The highest BCUT2D eigenvalue weighted by Gasteiger charge is 2.31. The van der Waals surface area contributed by atoms with Gasteiger partial charge in [-0.15, -0.1) is 0 Å². The number of fused-ring (bicyclic) bond motifs is 1. The largest absolute Gasteiger partial charge is 0.481 e. The van der Waals surface area contributed by atoms with Crippen LogP contribution in [0.2, 0.25) is 0 Å². The van der Waals surface area contributed by atoms with Crippen molar-refractivity contribution in [2.24, 2.45) is 5.92 Å². The maximum Gasteiger partial charge on any atom is 0.306 e. The zero-order valence-electron chi connectivity index (χ0n) is 10.8. The van der Waals surface area contributed by atoms with Crippen molar-refractivity contribution in [2.75, 3.05) is 0 Å². The molecule has 0 fully saturated rings. The number of ketones is 2. The summed E-state index contributed by atoms with van der Waals surface area (Å²) < 4.78 is 0. The van der Waals surface area contributed by atoms with Crippen LogP contribution >= 0.6 is 0 Å². The van der Waals surface area contributed by atoms with E-state index in [2.05, 4.69) is 0 Å². The van der Waals surface area contributed by atoms with Gasteiger partial charge in [-0.2, -0.15) is 0 Å². The van der Waals surface area contributed by atoms with Crippen LogP contribution in [-0.4, -0.2) is 22.6 Å². The Labute approximate surface area is 110 Å². The Kier molecular flexibility index (Phi) is 3.34. The van der Waals surface area contributed by atoms with Crippen molar-refractivity contribution in [3.63, 3.8) is 0 Å². The second-order valence-electron chi connectivity index (χ2n) is 4.75. The summed E-state index contributed by atoms with van der Waals surface area (Å²) in [5.41, 5.74) is 1.44. The summed E-state index contributed by atoms with van der Waals surface area (Å²) in [6, 6.07) is 6.63. The Hall–Kier alpha value is -2.23. The molecule has 0 saturated heterocycles. The predicted octanol–water partition coefficient (Wildman–Crippen LogP) is 2.49. The standard InChI is InChI=1S/C15H14O4/c1-8(15(18)19)7-12-9(2)13(16)10-5-3-4-6-11(10)14(12)17/h3-6,8H,7H2,1-2H3,(H,18,19). The quantitative estimate of drug-likeness (QED) is 0.904. The highest BCUT2D eigenvalue weighted by atomic mass is 16.4. The lowest BCUT2D eigenvalue weighted by Crippen LogP contribution is -2.23. The molecule has 1 aliphatic rings. The Bertz CT molecular complexity index is 610. The lowest BCUT2D eigenvalue weighted by molar-refractivity contribution is -0.141. The third kappa shape index (κ3) is 2.21. The number of hydrogen-bond acceptors (Lipinski definition) is 3. The molecule has 0 amide bonds. The van der Waals surface area contributed by atoms with Crippen molar-refractivity contribution in [3.8, 4) is 0 Å². The second kappa shape index (κ2) is 4.80. The van der Waals surface area contributed by atoms with E-state index in [1.807, 2.05) is 0 Å². The molecular weight excluding hydrogens is 244 g/mol. The number of benzene rings is 1. The fraction of sp³-hybridized carbons (Fsp3) is 0.267. The number of carbonyl (C=O) groups excluding carboxylic acids is 2. The molecule has 0 spiro atoms. The van der Waals surface area contributed by atoms with Crippen LogP contribution in [0.4, 0.5) is 0 Å². The van der Waals surface area contributed by atoms with Gasteiger partial charge in [0.1, 0.15) is 0 Å². The van der Waals surface area contributed by atoms with Crippen molar-refractivity contribution < 1.29 is 19.5 Å². The molecule has 0 aromatic heterocycles. The molecule has 98 valence electrons. The maximum atomic E-state index is 12.3. The van der Waals surface area contributed by atoms with Crippen LogP contribution in [0.25, 0.3) is 0 Å². The van der Waals surface area contributed by atoms with Crippen LogP contribution < -0.4 is 0 Å². The van der Waals surface area contributed by atoms with Gasteiger partial charge in [-0.25, -0.2) is 0 Å². The van der Waals surface area contributed by atoms with E-state index >= 15 is 0 Å². The minimum absolute atomic E-state index is 0.0834. The monoisotopic (exact) mass is 258 g/mol. The average molecular weight is 258 g/mol. The molecule has 1 atom stereocenters. The van der Waals surface area contributed by atoms with Gasteiger partial charge in [0.25, 0.3) is 0 Å². The topological polar surface area (TPSA) is 71.4 Å². The summed E-state index contributed by atoms with van der Waals surface area (Å²) in [4.78, 5) is 35.4. The highest BCUT2D eigenvalue weighted by Crippen LogP contribution is 2.29. The average Bonchev–Trinajstić information content (AvgIpc) is 2.40. The van der Waals surface area contributed by atoms with Crippen LogP contribution in [-0.2, 0) is 4.79 Å². The highest BCUT2D eigenvalue weighted by molar-refractivity contribution is 6.26. The van der Waals surface area contributed by atoms with E-state index in [9.17, 15) is 14.4 Å². The Morgan fingerprint density at radius 3 is 2.21 bits per heavy atom. The molecule has 2 rings (SSSR count). The minimum Gasteiger partial charge on any atom is -0.481 e. The van der Waals surface area contributed by atoms with E-state index in [1.54, 1.807) is 31.2 Å². The fourth-order valence-electron chi connectivity index (χ4n) is 2.19. The van der Waals surface area contributed by atoms with Crippen molar-refractivity contribution in [2.45, 2.75) is 20.3 Å². The van der Waals surface area contributed by atoms with E-state index in [1.165, 1.54) is 6.92 Å². The number of rotatable bonds is 3. The number of aliphatic carboxylic acids is 1. The van der Waals surface area contributed by atoms with Crippen LogP contribution in [0.15, 0.2) is 35.4 Å². The molecule has 1 aromatic carbocycles. The molecule has 0 heterocycles. The number of carboxylic acid groups (broad SMARTS) is 1. The van der Waals surface area contributed by atoms with Crippen molar-refractivity contribution in [1.82, 2.24) is 0 Å². The first kappa shape index (κ1) is 13.2. The van der Waals surface area contributed by atoms with Gasteiger partial charge in [0, 0.05) is 22.3 Å². The van der Waals surface area contributed by atoms with Gasteiger partial charge in [-0.3, -0.25) is 14.4 Å². The van der Waals surface area contributed by atoms with E-state index in [0.717, 1.165) is 0 Å². The lowest BCUT2D eigenvalue weighted by Gasteiger charge is -2.20. The lowest BCUT2D eigenvalue weighted by atomic mass is 9.81. The molecule has 0 aliphatic heterocycles. The Balaban J connectivity index is 2.46. The maximum absolute atomic E-state index is 12.3. The molecule has 19 heavy (non-hydrogen) atoms. The summed E-state index contributed by atoms with van der Waals surface area (Å²) >= 11 is 0. The van der Waals surface area contributed by atoms with Crippen LogP contribution in [0.3, 0.4) is 0 Å². The van der Waals surface area contributed by atoms with Crippen LogP contribution in [0, 0.1) is 5.92 Å². The van der Waals surface area contributed by atoms with Crippen molar-refractivity contribution in [1.29, 1.82) is 0 Å². The molecule has 1 aromatic rings. The summed E-state index contributed by atoms with van der Waals surface area (Å²) in [6.45, 7) is 3.11. The molecule has 4 heteroatoms. The molecule has 0 bridgehead atoms. The van der Waals surface area contributed by atoms with Gasteiger partial charge < -0.3 is 5.11 Å². The smallest absolute Gasteiger partial charge is 0.306 e. The first-order chi connectivity index (χ1) is 8.93. The summed E-state index contributed by atoms with van der Waals surface area (Å²) in [7, 11) is 0. The van der Waals surface area contributed by atoms with Gasteiger partial charge in [0.05, 0.1) is 5.92 Å². The SMILES string of the molecule is CC1=C(CC(C)C(=O)O)C(=O)c2ccccc2C1=O. The van der Waals surface area contributed by atoms with Crippen LogP contribution in [0.5, 0.6) is 0 Å². The first-order valence-corrected chi connectivity index (χ1v) is 6.04. The number of allylic oxidation sites excluding steroid dienone is 2. The molecule has 1 N–H and O–H groups in total. The van der Waals surface area contributed by atoms with Crippen molar-refractivity contribution in [3.05, 3.63) is 46.5 Å². The van der Waals surface area contributed by atoms with Crippen molar-refractivity contribution >= 4 is 17.5 Å². The molecule has 0 radical (unpaired) electrons. The molecule has 0 saturated carbocycles. The third-order valence-electron chi connectivity index (χ3n) is 3.42. The normalized spacial score (nSPS) is 16.3. The molecule has 1 aliphatic carbocycles. The van der Waals surface area contributed by atoms with E-state index in [4.69, 9.17) is 5.11 Å². The van der Waals surface area contributed by atoms with Gasteiger partial charge in [0.2, 0.25) is 0 Å². The Morgan fingerprint density at radius 2 is 1.68 bits per heavy atom. The number of Topliss-reactive ketones (excluding diaryl/α,β-unsaturated/α-hetero) is 2. The summed E-state index contributed by atoms with van der Waals surface area (Å²) in [5, 5.41) is 8.93. The molecular formula is C15H14O4. The van der Waals surface area contributed by atoms with E-state index in [-0.39, 0.29) is 18.0 Å². The number of carboxylic acids is 1. The summed E-state index contributed by atoms with van der Waals surface area (Å²) in [6.07, 6.45) is 0.0834. The summed E-state index contributed by atoms with van der Waals surface area (Å²) in [5.74, 6) is -2.09. The van der Waals surface area contributed by atoms with Gasteiger partial charge >= 0.3 is 5.97 Å². The fourth-order valence-corrected chi connectivity index (χ4v) is 2.19. The zero-order chi connectivity index (χ0) is 14.2. The zero-order valence-corrected chi connectivity index (χ0v) is 10.8. The molecule has 1 unspecified atom stereocenters. The van der Waals surface area contributed by atoms with Gasteiger partial charge in [-0.05, 0) is 13.3 Å². The Morgan fingerprint density at radius 1 is 1.16 bits per heavy atom. The molecule has 4 nitrogen and oxygen atoms in total. The van der Waals surface area contributed by atoms with Gasteiger partial charge in [-0.1, -0.05) is 31.2 Å². The number of carbonyl (C=O) groups is 3. The van der Waals surface area contributed by atoms with Gasteiger partial charge in [0.15, 0.2) is 11.6 Å². The number of hydrogen-bond donors (Lipinski definition) is 1. The van der Waals surface area contributed by atoms with Crippen LogP contribution in [0.1, 0.15) is 41.0 Å². The predicted molar refractivity (Wildman–Crippen MR) is 69.2 cm³/mol.